The summed E-state index contributed by atoms with van der Waals surface area (Å²) in [6.45, 7) is 0. The van der Waals surface area contributed by atoms with Crippen LogP contribution in [0.15, 0.2) is 47.8 Å². The predicted molar refractivity (Wildman–Crippen MR) is 133 cm³/mol. The average molecular weight is 511 g/mol. The van der Waals surface area contributed by atoms with Gasteiger partial charge in [0.1, 0.15) is 0 Å². The molecule has 0 aliphatic heterocycles. The molecule has 5 rings (SSSR count). The van der Waals surface area contributed by atoms with E-state index < -0.39 is 0 Å². The van der Waals surface area contributed by atoms with Crippen LogP contribution in [0.3, 0.4) is 0 Å². The first-order chi connectivity index (χ1) is 17.0. The maximum absolute atomic E-state index is 13.1. The molecule has 0 fully saturated rings. The van der Waals surface area contributed by atoms with E-state index in [0.29, 0.717) is 63.1 Å². The summed E-state index contributed by atoms with van der Waals surface area (Å²) in [6, 6.07) is 11.5. The number of rotatable bonds is 7. The van der Waals surface area contributed by atoms with Crippen molar-refractivity contribution in [1.29, 1.82) is 0 Å². The number of nitrogens with zero attached hydrogens (tertiary/aromatic N) is 4. The second-order valence-electron chi connectivity index (χ2n) is 8.11. The van der Waals surface area contributed by atoms with Crippen LogP contribution in [0.25, 0.3) is 5.78 Å². The van der Waals surface area contributed by atoms with Crippen molar-refractivity contribution >= 4 is 34.9 Å². The SMILES string of the molecule is COc1cc([C@H]2CC(=O)c3cn4nc(SCc5ccccc5Cl)nc4nc3C2)cc(OC)c1OC. The number of thioether (sulfide) groups is 1. The van der Waals surface area contributed by atoms with E-state index in [2.05, 4.69) is 10.1 Å². The van der Waals surface area contributed by atoms with Crippen molar-refractivity contribution in [2.24, 2.45) is 0 Å². The summed E-state index contributed by atoms with van der Waals surface area (Å²) in [7, 11) is 4.72. The van der Waals surface area contributed by atoms with Crippen LogP contribution in [0.2, 0.25) is 5.02 Å². The molecule has 0 amide bonds. The number of carbonyl (C=O) groups excluding carboxylic acids is 1. The van der Waals surface area contributed by atoms with Crippen LogP contribution < -0.4 is 14.2 Å². The van der Waals surface area contributed by atoms with Gasteiger partial charge in [-0.2, -0.15) is 4.98 Å². The fourth-order valence-electron chi connectivity index (χ4n) is 4.26. The third-order valence-corrected chi connectivity index (χ3v) is 7.29. The summed E-state index contributed by atoms with van der Waals surface area (Å²) >= 11 is 7.73. The van der Waals surface area contributed by atoms with Gasteiger partial charge in [0.05, 0.1) is 32.6 Å². The summed E-state index contributed by atoms with van der Waals surface area (Å²) in [5.41, 5.74) is 3.22. The van der Waals surface area contributed by atoms with Gasteiger partial charge in [0.25, 0.3) is 5.78 Å². The Labute approximate surface area is 211 Å². The molecule has 0 spiro atoms. The van der Waals surface area contributed by atoms with Gasteiger partial charge in [-0.3, -0.25) is 4.79 Å². The Morgan fingerprint density at radius 2 is 1.80 bits per heavy atom. The maximum Gasteiger partial charge on any atom is 0.253 e. The highest BCUT2D eigenvalue weighted by Gasteiger charge is 2.30. The molecule has 0 saturated heterocycles. The quantitative estimate of drug-likeness (QED) is 0.321. The lowest BCUT2D eigenvalue weighted by atomic mass is 9.82. The van der Waals surface area contributed by atoms with E-state index in [9.17, 15) is 4.79 Å². The number of Topliss-reactive ketones (excluding diaryl/α,β-unsaturated/α-hetero) is 1. The van der Waals surface area contributed by atoms with E-state index >= 15 is 0 Å². The van der Waals surface area contributed by atoms with Crippen LogP contribution in [0.5, 0.6) is 17.2 Å². The summed E-state index contributed by atoms with van der Waals surface area (Å²) in [6.07, 6.45) is 2.67. The normalized spacial score (nSPS) is 15.2. The van der Waals surface area contributed by atoms with E-state index in [4.69, 9.17) is 30.8 Å². The van der Waals surface area contributed by atoms with E-state index in [1.54, 1.807) is 32.0 Å². The van der Waals surface area contributed by atoms with Crippen molar-refractivity contribution in [1.82, 2.24) is 19.6 Å². The number of hydrogen-bond donors (Lipinski definition) is 0. The fraction of sp³-hybridized carbons (Fsp3) is 0.280. The van der Waals surface area contributed by atoms with Crippen LogP contribution in [0.4, 0.5) is 0 Å². The second kappa shape index (κ2) is 9.75. The summed E-state index contributed by atoms with van der Waals surface area (Å²) < 4.78 is 18.0. The first kappa shape index (κ1) is 23.4. The minimum Gasteiger partial charge on any atom is -0.493 e. The molecule has 2 aromatic heterocycles. The van der Waals surface area contributed by atoms with Crippen LogP contribution >= 0.6 is 23.4 Å². The van der Waals surface area contributed by atoms with E-state index in [1.807, 2.05) is 36.4 Å². The van der Waals surface area contributed by atoms with Crippen LogP contribution in [0, 0.1) is 0 Å². The maximum atomic E-state index is 13.1. The number of methoxy groups -OCH3 is 3. The molecule has 0 unspecified atom stereocenters. The molecule has 4 aromatic rings. The molecule has 180 valence electrons. The third kappa shape index (κ3) is 4.53. The molecule has 2 heterocycles. The van der Waals surface area contributed by atoms with E-state index in [1.165, 1.54) is 11.8 Å². The lowest BCUT2D eigenvalue weighted by Crippen LogP contribution is -2.21. The molecule has 10 heteroatoms. The van der Waals surface area contributed by atoms with Crippen LogP contribution in [0.1, 0.15) is 39.5 Å². The van der Waals surface area contributed by atoms with Gasteiger partial charge in [-0.25, -0.2) is 9.50 Å². The fourth-order valence-corrected chi connectivity index (χ4v) is 5.37. The Hall–Kier alpha value is -3.30. The average Bonchev–Trinajstić information content (AvgIpc) is 3.27. The largest absolute Gasteiger partial charge is 0.493 e. The standard InChI is InChI=1S/C25H23ClN4O4S/c1-32-21-10-16(11-22(33-2)23(21)34-3)15-8-19-17(20(31)9-15)12-30-24(27-19)28-25(29-30)35-13-14-6-4-5-7-18(14)26/h4-7,10-12,15H,8-9,13H2,1-3H3/t15-/m1/s1. The van der Waals surface area contributed by atoms with Crippen molar-refractivity contribution in [3.05, 3.63) is 70.0 Å². The number of fused-ring (bicyclic) bond motifs is 2. The van der Waals surface area contributed by atoms with Crippen LogP contribution in [-0.4, -0.2) is 46.7 Å². The van der Waals surface area contributed by atoms with Crippen molar-refractivity contribution < 1.29 is 19.0 Å². The highest BCUT2D eigenvalue weighted by Crippen LogP contribution is 2.42. The smallest absolute Gasteiger partial charge is 0.253 e. The van der Waals surface area contributed by atoms with Crippen molar-refractivity contribution in [2.75, 3.05) is 21.3 Å². The Morgan fingerprint density at radius 1 is 1.06 bits per heavy atom. The Bertz CT molecular complexity index is 1400. The number of ketones is 1. The molecule has 0 bridgehead atoms. The molecule has 35 heavy (non-hydrogen) atoms. The van der Waals surface area contributed by atoms with E-state index in [0.717, 1.165) is 11.1 Å². The number of halogens is 1. The minimum atomic E-state index is -0.0735. The van der Waals surface area contributed by atoms with Gasteiger partial charge < -0.3 is 14.2 Å². The lowest BCUT2D eigenvalue weighted by Gasteiger charge is -2.24. The number of carbonyl (C=O) groups is 1. The monoisotopic (exact) mass is 510 g/mol. The lowest BCUT2D eigenvalue weighted by molar-refractivity contribution is 0.0962. The van der Waals surface area contributed by atoms with Gasteiger partial charge in [0.2, 0.25) is 10.9 Å². The topological polar surface area (TPSA) is 87.8 Å². The zero-order valence-electron chi connectivity index (χ0n) is 19.4. The predicted octanol–water partition coefficient (Wildman–Crippen LogP) is 5.01. The van der Waals surface area contributed by atoms with Gasteiger partial charge in [-0.05, 0) is 41.7 Å². The summed E-state index contributed by atoms with van der Waals surface area (Å²) in [5, 5.41) is 5.79. The minimum absolute atomic E-state index is 0.0140. The Kier molecular flexibility index (Phi) is 6.53. The van der Waals surface area contributed by atoms with E-state index in [-0.39, 0.29) is 11.7 Å². The first-order valence-electron chi connectivity index (χ1n) is 11.0. The van der Waals surface area contributed by atoms with Gasteiger partial charge in [-0.15, -0.1) is 5.10 Å². The van der Waals surface area contributed by atoms with Crippen LogP contribution in [-0.2, 0) is 12.2 Å². The molecule has 0 N–H and O–H groups in total. The number of ether oxygens (including phenoxy) is 3. The van der Waals surface area contributed by atoms with Crippen molar-refractivity contribution in [3.8, 4) is 17.2 Å². The molecular formula is C25H23ClN4O4S. The molecule has 0 saturated carbocycles. The van der Waals surface area contributed by atoms with Crippen molar-refractivity contribution in [3.63, 3.8) is 0 Å². The Balaban J connectivity index is 1.43. The molecular weight excluding hydrogens is 488 g/mol. The summed E-state index contributed by atoms with van der Waals surface area (Å²) in [5.74, 6) is 2.67. The highest BCUT2D eigenvalue weighted by molar-refractivity contribution is 7.98. The van der Waals surface area contributed by atoms with Gasteiger partial charge >= 0.3 is 0 Å². The molecule has 1 aliphatic rings. The molecule has 1 atom stereocenters. The van der Waals surface area contributed by atoms with Gasteiger partial charge in [-0.1, -0.05) is 41.6 Å². The highest BCUT2D eigenvalue weighted by atomic mass is 35.5. The van der Waals surface area contributed by atoms with Crippen molar-refractivity contribution in [2.45, 2.75) is 29.7 Å². The first-order valence-corrected chi connectivity index (χ1v) is 12.3. The third-order valence-electron chi connectivity index (χ3n) is 6.04. The number of benzene rings is 2. The van der Waals surface area contributed by atoms with Gasteiger partial charge in [0, 0.05) is 23.4 Å². The zero-order valence-corrected chi connectivity index (χ0v) is 21.0. The zero-order chi connectivity index (χ0) is 24.5. The number of hydrogen-bond acceptors (Lipinski definition) is 8. The number of aromatic nitrogens is 4. The van der Waals surface area contributed by atoms with Gasteiger partial charge in [0.15, 0.2) is 17.3 Å². The molecule has 2 aromatic carbocycles. The molecule has 0 radical (unpaired) electrons. The molecule has 1 aliphatic carbocycles. The second-order valence-corrected chi connectivity index (χ2v) is 9.46. The summed E-state index contributed by atoms with van der Waals surface area (Å²) in [4.78, 5) is 22.3. The molecule has 8 nitrogen and oxygen atoms in total. The Morgan fingerprint density at radius 3 is 2.49 bits per heavy atom.